The number of imidazole rings is 1. The third-order valence-electron chi connectivity index (χ3n) is 4.22. The smallest absolute Gasteiger partial charge is 0.256 e. The SMILES string of the molecule is CNC(=S)OCc1nc(C(C)C)c(Sc2cc(F)cc(F)c2)n1Cc1cccnc1. The zero-order valence-electron chi connectivity index (χ0n) is 16.9. The van der Waals surface area contributed by atoms with Gasteiger partial charge in [-0.2, -0.15) is 0 Å². The fourth-order valence-corrected chi connectivity index (χ4v) is 4.13. The number of aromatic nitrogens is 3. The molecule has 0 amide bonds. The molecule has 30 heavy (non-hydrogen) atoms. The number of pyridine rings is 1. The predicted octanol–water partition coefficient (Wildman–Crippen LogP) is 4.90. The molecule has 0 unspecified atom stereocenters. The molecule has 0 aliphatic carbocycles. The second-order valence-electron chi connectivity index (χ2n) is 6.85. The van der Waals surface area contributed by atoms with Crippen LogP contribution in [0.4, 0.5) is 8.78 Å². The quantitative estimate of drug-likeness (QED) is 0.519. The summed E-state index contributed by atoms with van der Waals surface area (Å²) in [6.07, 6.45) is 3.48. The Hall–Kier alpha value is -2.52. The second kappa shape index (κ2) is 9.99. The van der Waals surface area contributed by atoms with Gasteiger partial charge in [-0.25, -0.2) is 13.8 Å². The van der Waals surface area contributed by atoms with E-state index in [2.05, 4.69) is 10.3 Å². The lowest BCUT2D eigenvalue weighted by atomic mass is 10.1. The molecule has 3 rings (SSSR count). The van der Waals surface area contributed by atoms with Gasteiger partial charge in [-0.1, -0.05) is 31.7 Å². The first kappa shape index (κ1) is 22.2. The Kier molecular flexibility index (Phi) is 7.38. The summed E-state index contributed by atoms with van der Waals surface area (Å²) >= 11 is 6.36. The Morgan fingerprint density at radius 1 is 1.27 bits per heavy atom. The first-order valence-corrected chi connectivity index (χ1v) is 10.6. The molecule has 3 aromatic rings. The summed E-state index contributed by atoms with van der Waals surface area (Å²) in [6.45, 7) is 4.70. The van der Waals surface area contributed by atoms with Crippen LogP contribution in [0.2, 0.25) is 0 Å². The van der Waals surface area contributed by atoms with E-state index >= 15 is 0 Å². The minimum Gasteiger partial charge on any atom is -0.463 e. The summed E-state index contributed by atoms with van der Waals surface area (Å²) in [5.74, 6) is -0.481. The highest BCUT2D eigenvalue weighted by Crippen LogP contribution is 2.36. The molecule has 0 spiro atoms. The van der Waals surface area contributed by atoms with Gasteiger partial charge >= 0.3 is 0 Å². The molecule has 0 atom stereocenters. The number of ether oxygens (including phenoxy) is 1. The van der Waals surface area contributed by atoms with Crippen LogP contribution in [0.25, 0.3) is 0 Å². The van der Waals surface area contributed by atoms with Gasteiger partial charge in [0.2, 0.25) is 0 Å². The molecule has 1 aromatic carbocycles. The highest BCUT2D eigenvalue weighted by atomic mass is 32.2. The molecule has 2 heterocycles. The van der Waals surface area contributed by atoms with Gasteiger partial charge in [-0.3, -0.25) is 4.98 Å². The van der Waals surface area contributed by atoms with Crippen molar-refractivity contribution < 1.29 is 13.5 Å². The summed E-state index contributed by atoms with van der Waals surface area (Å²) in [7, 11) is 1.68. The normalized spacial score (nSPS) is 11.0. The van der Waals surface area contributed by atoms with E-state index in [1.165, 1.54) is 23.9 Å². The highest BCUT2D eigenvalue weighted by molar-refractivity contribution is 7.99. The number of hydrogen-bond donors (Lipinski definition) is 1. The lowest BCUT2D eigenvalue weighted by Gasteiger charge is -2.14. The zero-order valence-corrected chi connectivity index (χ0v) is 18.5. The lowest BCUT2D eigenvalue weighted by Crippen LogP contribution is -2.20. The number of hydrogen-bond acceptors (Lipinski definition) is 5. The lowest BCUT2D eigenvalue weighted by molar-refractivity contribution is 0.273. The third-order valence-corrected chi connectivity index (χ3v) is 5.64. The summed E-state index contributed by atoms with van der Waals surface area (Å²) in [5.41, 5.74) is 1.79. The number of thiocarbonyl (C=S) groups is 1. The Morgan fingerprint density at radius 3 is 2.60 bits per heavy atom. The average molecular weight is 449 g/mol. The van der Waals surface area contributed by atoms with Crippen molar-refractivity contribution >= 4 is 29.2 Å². The fraction of sp³-hybridized carbons (Fsp3) is 0.286. The molecular formula is C21H22F2N4OS2. The average Bonchev–Trinajstić information content (AvgIpc) is 3.03. The molecule has 0 saturated carbocycles. The molecule has 2 aromatic heterocycles. The summed E-state index contributed by atoms with van der Waals surface area (Å²) in [4.78, 5) is 9.41. The molecule has 0 bridgehead atoms. The Balaban J connectivity index is 2.06. The summed E-state index contributed by atoms with van der Waals surface area (Å²) in [5, 5.41) is 3.84. The minimum absolute atomic E-state index is 0.0936. The van der Waals surface area contributed by atoms with Crippen molar-refractivity contribution in [1.82, 2.24) is 19.9 Å². The topological polar surface area (TPSA) is 52.0 Å². The number of halogens is 2. The molecule has 0 radical (unpaired) electrons. The van der Waals surface area contributed by atoms with Gasteiger partial charge in [-0.05, 0) is 41.9 Å². The van der Waals surface area contributed by atoms with Crippen molar-refractivity contribution in [1.29, 1.82) is 0 Å². The van der Waals surface area contributed by atoms with Gasteiger partial charge in [0.15, 0.2) is 0 Å². The first-order chi connectivity index (χ1) is 14.4. The molecule has 0 aliphatic rings. The van der Waals surface area contributed by atoms with Crippen LogP contribution in [-0.4, -0.2) is 26.8 Å². The van der Waals surface area contributed by atoms with E-state index in [1.807, 2.05) is 30.5 Å². The number of rotatable bonds is 7. The van der Waals surface area contributed by atoms with E-state index in [-0.39, 0.29) is 17.7 Å². The van der Waals surface area contributed by atoms with Gasteiger partial charge < -0.3 is 14.6 Å². The van der Waals surface area contributed by atoms with Gasteiger partial charge in [0.25, 0.3) is 5.17 Å². The summed E-state index contributed by atoms with van der Waals surface area (Å²) in [6, 6.07) is 7.30. The second-order valence-corrected chi connectivity index (χ2v) is 8.29. The van der Waals surface area contributed by atoms with Gasteiger partial charge in [-0.15, -0.1) is 0 Å². The van der Waals surface area contributed by atoms with Crippen molar-refractivity contribution in [3.05, 3.63) is 71.4 Å². The van der Waals surface area contributed by atoms with Crippen LogP contribution >= 0.6 is 24.0 Å². The number of nitrogens with zero attached hydrogens (tertiary/aromatic N) is 3. The van der Waals surface area contributed by atoms with Crippen LogP contribution in [0.1, 0.15) is 36.8 Å². The molecule has 158 valence electrons. The maximum absolute atomic E-state index is 13.8. The molecular weight excluding hydrogens is 426 g/mol. The molecule has 0 saturated heterocycles. The van der Waals surface area contributed by atoms with Crippen molar-refractivity contribution in [2.45, 2.75) is 42.8 Å². The Morgan fingerprint density at radius 2 is 2.00 bits per heavy atom. The third kappa shape index (κ3) is 5.54. The first-order valence-electron chi connectivity index (χ1n) is 9.34. The monoisotopic (exact) mass is 448 g/mol. The fourth-order valence-electron chi connectivity index (χ4n) is 2.83. The minimum atomic E-state index is -0.621. The van der Waals surface area contributed by atoms with Crippen LogP contribution in [0.5, 0.6) is 0 Å². The maximum Gasteiger partial charge on any atom is 0.256 e. The van der Waals surface area contributed by atoms with Crippen molar-refractivity contribution in [2.75, 3.05) is 7.05 Å². The van der Waals surface area contributed by atoms with Crippen molar-refractivity contribution in [3.8, 4) is 0 Å². The summed E-state index contributed by atoms with van der Waals surface area (Å²) < 4.78 is 35.1. The Labute approximate surface area is 183 Å². The van der Waals surface area contributed by atoms with E-state index in [4.69, 9.17) is 21.9 Å². The molecule has 0 fully saturated rings. The number of nitrogens with one attached hydrogen (secondary N) is 1. The van der Waals surface area contributed by atoms with Gasteiger partial charge in [0.1, 0.15) is 29.1 Å². The predicted molar refractivity (Wildman–Crippen MR) is 117 cm³/mol. The largest absolute Gasteiger partial charge is 0.463 e. The van der Waals surface area contributed by atoms with E-state index in [9.17, 15) is 8.78 Å². The molecule has 5 nitrogen and oxygen atoms in total. The molecule has 9 heteroatoms. The molecule has 0 aliphatic heterocycles. The van der Waals surface area contributed by atoms with Crippen LogP contribution in [-0.2, 0) is 17.9 Å². The highest BCUT2D eigenvalue weighted by Gasteiger charge is 2.22. The number of benzene rings is 1. The van der Waals surface area contributed by atoms with E-state index in [1.54, 1.807) is 19.4 Å². The molecule has 1 N–H and O–H groups in total. The van der Waals surface area contributed by atoms with Crippen molar-refractivity contribution in [2.24, 2.45) is 0 Å². The van der Waals surface area contributed by atoms with Crippen LogP contribution < -0.4 is 5.32 Å². The van der Waals surface area contributed by atoms with Crippen LogP contribution in [0, 0.1) is 11.6 Å². The van der Waals surface area contributed by atoms with E-state index in [0.29, 0.717) is 17.3 Å². The van der Waals surface area contributed by atoms with Crippen LogP contribution in [0.3, 0.4) is 0 Å². The van der Waals surface area contributed by atoms with Gasteiger partial charge in [0.05, 0.1) is 12.2 Å². The Bertz CT molecular complexity index is 1010. The van der Waals surface area contributed by atoms with Gasteiger partial charge in [0, 0.05) is 30.4 Å². The maximum atomic E-state index is 13.8. The van der Waals surface area contributed by atoms with E-state index < -0.39 is 11.6 Å². The van der Waals surface area contributed by atoms with Crippen molar-refractivity contribution in [3.63, 3.8) is 0 Å². The van der Waals surface area contributed by atoms with E-state index in [0.717, 1.165) is 22.3 Å². The van der Waals surface area contributed by atoms with Crippen LogP contribution in [0.15, 0.2) is 52.6 Å². The zero-order chi connectivity index (χ0) is 21.7. The standard InChI is InChI=1S/C21H22F2N4OS2/c1-13(2)19-20(30-17-8-15(22)7-16(23)9-17)27(11-14-5-4-6-25-10-14)18(26-19)12-28-21(29)24-3/h4-10,13H,11-12H2,1-3H3,(H,24,29).